The smallest absolute Gasteiger partial charge is 0.416 e. The second-order valence-corrected chi connectivity index (χ2v) is 9.06. The highest BCUT2D eigenvalue weighted by atomic mass is 32.2. The summed E-state index contributed by atoms with van der Waals surface area (Å²) in [7, 11) is 0. The average molecular weight is 473 g/mol. The molecular formula is C26H23F3O3S. The molecule has 0 radical (unpaired) electrons. The van der Waals surface area contributed by atoms with E-state index in [9.17, 15) is 18.0 Å². The number of hydrogen-bond donors (Lipinski definition) is 1. The molecule has 1 N–H and O–H groups in total. The molecule has 7 heteroatoms. The Bertz CT molecular complexity index is 1120. The van der Waals surface area contributed by atoms with Crippen molar-refractivity contribution in [2.24, 2.45) is 0 Å². The van der Waals surface area contributed by atoms with E-state index in [1.165, 1.54) is 22.6 Å². The monoisotopic (exact) mass is 472 g/mol. The fraction of sp³-hybridized carbons (Fsp3) is 0.269. The van der Waals surface area contributed by atoms with Gasteiger partial charge >= 0.3 is 12.1 Å². The number of aryl methyl sites for hydroxylation is 1. The van der Waals surface area contributed by atoms with Crippen LogP contribution in [0.2, 0.25) is 0 Å². The molecule has 1 aliphatic rings. The van der Waals surface area contributed by atoms with Crippen LogP contribution in [0.3, 0.4) is 0 Å². The van der Waals surface area contributed by atoms with Gasteiger partial charge in [0.2, 0.25) is 0 Å². The number of carboxylic acid groups (broad SMARTS) is 1. The number of benzene rings is 3. The van der Waals surface area contributed by atoms with Crippen LogP contribution in [0.25, 0.3) is 11.1 Å². The Balaban J connectivity index is 1.36. The predicted octanol–water partition coefficient (Wildman–Crippen LogP) is 6.66. The minimum atomic E-state index is -4.33. The van der Waals surface area contributed by atoms with Crippen LogP contribution in [-0.2, 0) is 30.2 Å². The van der Waals surface area contributed by atoms with Gasteiger partial charge in [0.15, 0.2) is 6.61 Å². The predicted molar refractivity (Wildman–Crippen MR) is 123 cm³/mol. The summed E-state index contributed by atoms with van der Waals surface area (Å²) in [6.07, 6.45) is -0.536. The molecule has 0 spiro atoms. The molecule has 0 fully saturated rings. The van der Waals surface area contributed by atoms with Crippen LogP contribution in [0.5, 0.6) is 5.75 Å². The first kappa shape index (κ1) is 23.2. The SMILES string of the molecule is O=C(O)COc1ccc(SCCc2ccc(-c3ccc(C(F)(F)F)cc3)cc2)c2c1CCC2. The van der Waals surface area contributed by atoms with E-state index in [2.05, 4.69) is 0 Å². The number of rotatable bonds is 8. The summed E-state index contributed by atoms with van der Waals surface area (Å²) in [5.74, 6) is 0.583. The molecule has 3 nitrogen and oxygen atoms in total. The third-order valence-electron chi connectivity index (χ3n) is 5.70. The summed E-state index contributed by atoms with van der Waals surface area (Å²) in [5.41, 5.74) is 4.55. The molecule has 3 aromatic carbocycles. The topological polar surface area (TPSA) is 46.5 Å². The number of carboxylic acids is 1. The highest BCUT2D eigenvalue weighted by molar-refractivity contribution is 7.99. The Morgan fingerprint density at radius 2 is 1.55 bits per heavy atom. The van der Waals surface area contributed by atoms with Crippen LogP contribution < -0.4 is 4.74 Å². The number of hydrogen-bond acceptors (Lipinski definition) is 3. The van der Waals surface area contributed by atoms with Crippen molar-refractivity contribution in [3.05, 3.63) is 82.9 Å². The number of carbonyl (C=O) groups is 1. The maximum Gasteiger partial charge on any atom is 0.416 e. The first-order valence-corrected chi connectivity index (χ1v) is 11.7. The second-order valence-electron chi connectivity index (χ2n) is 7.93. The number of alkyl halides is 3. The van der Waals surface area contributed by atoms with Gasteiger partial charge in [-0.25, -0.2) is 4.79 Å². The summed E-state index contributed by atoms with van der Waals surface area (Å²) >= 11 is 1.78. The molecule has 0 atom stereocenters. The minimum Gasteiger partial charge on any atom is -0.482 e. The first-order chi connectivity index (χ1) is 15.8. The van der Waals surface area contributed by atoms with Gasteiger partial charge in [0.1, 0.15) is 5.75 Å². The highest BCUT2D eigenvalue weighted by Gasteiger charge is 2.30. The van der Waals surface area contributed by atoms with E-state index >= 15 is 0 Å². The van der Waals surface area contributed by atoms with Crippen molar-refractivity contribution in [3.63, 3.8) is 0 Å². The fourth-order valence-electron chi connectivity index (χ4n) is 4.04. The molecule has 0 saturated heterocycles. The normalized spacial score (nSPS) is 13.1. The van der Waals surface area contributed by atoms with Gasteiger partial charge in [0.25, 0.3) is 0 Å². The number of thioether (sulfide) groups is 1. The Kier molecular flexibility index (Phi) is 6.98. The van der Waals surface area contributed by atoms with Gasteiger partial charge < -0.3 is 9.84 Å². The van der Waals surface area contributed by atoms with E-state index in [1.807, 2.05) is 36.4 Å². The maximum atomic E-state index is 12.7. The number of ether oxygens (including phenoxy) is 1. The lowest BCUT2D eigenvalue weighted by Gasteiger charge is -2.13. The molecule has 4 rings (SSSR count). The van der Waals surface area contributed by atoms with Crippen LogP contribution in [0.1, 0.15) is 28.7 Å². The molecule has 0 aromatic heterocycles. The minimum absolute atomic E-state index is 0.332. The molecule has 172 valence electrons. The van der Waals surface area contributed by atoms with Crippen LogP contribution in [-0.4, -0.2) is 23.4 Å². The van der Waals surface area contributed by atoms with Crippen LogP contribution in [0.4, 0.5) is 13.2 Å². The van der Waals surface area contributed by atoms with Crippen LogP contribution in [0, 0.1) is 0 Å². The third-order valence-corrected chi connectivity index (χ3v) is 6.80. The molecule has 0 unspecified atom stereocenters. The number of fused-ring (bicyclic) bond motifs is 1. The lowest BCUT2D eigenvalue weighted by molar-refractivity contribution is -0.139. The zero-order valence-corrected chi connectivity index (χ0v) is 18.6. The maximum absolute atomic E-state index is 12.7. The van der Waals surface area contributed by atoms with E-state index in [4.69, 9.17) is 9.84 Å². The number of halogens is 3. The van der Waals surface area contributed by atoms with E-state index in [-0.39, 0.29) is 6.61 Å². The fourth-order valence-corrected chi connectivity index (χ4v) is 5.17. The molecule has 0 amide bonds. The molecule has 3 aromatic rings. The summed E-state index contributed by atoms with van der Waals surface area (Å²) in [4.78, 5) is 12.0. The Morgan fingerprint density at radius 3 is 2.18 bits per heavy atom. The lowest BCUT2D eigenvalue weighted by atomic mass is 10.0. The lowest BCUT2D eigenvalue weighted by Crippen LogP contribution is -2.10. The van der Waals surface area contributed by atoms with Gasteiger partial charge in [0, 0.05) is 10.6 Å². The van der Waals surface area contributed by atoms with Crippen molar-refractivity contribution in [3.8, 4) is 16.9 Å². The average Bonchev–Trinajstić information content (AvgIpc) is 3.29. The van der Waals surface area contributed by atoms with Gasteiger partial charge in [0.05, 0.1) is 5.56 Å². The van der Waals surface area contributed by atoms with E-state index < -0.39 is 17.7 Å². The summed E-state index contributed by atoms with van der Waals surface area (Å²) < 4.78 is 43.7. The van der Waals surface area contributed by atoms with Gasteiger partial charge in [-0.15, -0.1) is 11.8 Å². The third kappa shape index (κ3) is 5.71. The second kappa shape index (κ2) is 9.91. The molecule has 0 heterocycles. The zero-order valence-electron chi connectivity index (χ0n) is 17.8. The van der Waals surface area contributed by atoms with Crippen molar-refractivity contribution >= 4 is 17.7 Å². The van der Waals surface area contributed by atoms with Gasteiger partial charge in [-0.05, 0) is 77.8 Å². The van der Waals surface area contributed by atoms with E-state index in [0.29, 0.717) is 5.75 Å². The van der Waals surface area contributed by atoms with Gasteiger partial charge in [-0.2, -0.15) is 13.2 Å². The van der Waals surface area contributed by atoms with Crippen molar-refractivity contribution in [1.29, 1.82) is 0 Å². The van der Waals surface area contributed by atoms with Crippen LogP contribution in [0.15, 0.2) is 65.6 Å². The van der Waals surface area contributed by atoms with Crippen molar-refractivity contribution in [2.75, 3.05) is 12.4 Å². The van der Waals surface area contributed by atoms with Crippen molar-refractivity contribution in [1.82, 2.24) is 0 Å². The zero-order chi connectivity index (χ0) is 23.4. The molecule has 0 aliphatic heterocycles. The summed E-state index contributed by atoms with van der Waals surface area (Å²) in [6, 6.07) is 17.0. The standard InChI is InChI=1S/C26H23F3O3S/c27-26(28,29)20-10-8-19(9-11-20)18-6-4-17(5-7-18)14-15-33-24-13-12-23(32-16-25(30)31)21-2-1-3-22(21)24/h4-13H,1-3,14-16H2,(H,30,31). The Morgan fingerprint density at radius 1 is 0.909 bits per heavy atom. The number of aliphatic carboxylic acids is 1. The molecule has 1 aliphatic carbocycles. The van der Waals surface area contributed by atoms with Crippen molar-refractivity contribution < 1.29 is 27.8 Å². The summed E-state index contributed by atoms with van der Waals surface area (Å²) in [5, 5.41) is 8.85. The van der Waals surface area contributed by atoms with Crippen molar-refractivity contribution in [2.45, 2.75) is 36.8 Å². The van der Waals surface area contributed by atoms with E-state index in [0.717, 1.165) is 65.8 Å². The molecular weight excluding hydrogens is 449 g/mol. The van der Waals surface area contributed by atoms with Crippen LogP contribution >= 0.6 is 11.8 Å². The molecule has 0 bridgehead atoms. The Hall–Kier alpha value is -2.93. The molecule has 33 heavy (non-hydrogen) atoms. The quantitative estimate of drug-likeness (QED) is 0.373. The highest BCUT2D eigenvalue weighted by Crippen LogP contribution is 2.38. The summed E-state index contributed by atoms with van der Waals surface area (Å²) in [6.45, 7) is -0.332. The Labute approximate surface area is 194 Å². The molecule has 0 saturated carbocycles. The van der Waals surface area contributed by atoms with Gasteiger partial charge in [-0.1, -0.05) is 36.4 Å². The van der Waals surface area contributed by atoms with Gasteiger partial charge in [-0.3, -0.25) is 0 Å². The largest absolute Gasteiger partial charge is 0.482 e. The first-order valence-electron chi connectivity index (χ1n) is 10.7. The van der Waals surface area contributed by atoms with E-state index in [1.54, 1.807) is 11.8 Å².